The average Bonchev–Trinajstić information content (AvgIpc) is 3.87. The molecule has 0 spiro atoms. The van der Waals surface area contributed by atoms with Gasteiger partial charge in [-0.2, -0.15) is 9.97 Å². The quantitative estimate of drug-likeness (QED) is 0.151. The van der Waals surface area contributed by atoms with Gasteiger partial charge in [-0.3, -0.25) is 0 Å². The Bertz CT molecular complexity index is 2380. The molecule has 4 aliphatic rings. The van der Waals surface area contributed by atoms with Crippen molar-refractivity contribution < 1.29 is 0 Å². The lowest BCUT2D eigenvalue weighted by atomic mass is 9.95. The maximum absolute atomic E-state index is 5.20. The van der Waals surface area contributed by atoms with Crippen LogP contribution in [-0.4, -0.2) is 105 Å². The number of piperazine rings is 2. The molecule has 4 aromatic heterocycles. The van der Waals surface area contributed by atoms with Gasteiger partial charge >= 0.3 is 0 Å². The standard InChI is InChI=1S/C45H56N12/c1-30-28-56(34-8-6-5-7-9-34)42-38(30)26-47-45(50-42)49-40-15-14-35(55-22-18-53(4)19-23-55)24-36(40)37-25-41(37)57-29-31(2)39-27-46-44(51-43(39)57)48-32-10-12-33(13-11-32)54-20-16-52(3)17-21-54/h10-15,24,26-29,34,37,41H,5-9,16-23,25H2,1-4H3,(H,46,48,51)(H,47,49,50). The second kappa shape index (κ2) is 14.9. The van der Waals surface area contributed by atoms with Crippen LogP contribution in [0.5, 0.6) is 0 Å². The van der Waals surface area contributed by atoms with Crippen molar-refractivity contribution in [1.82, 2.24) is 38.9 Å². The number of hydrogen-bond donors (Lipinski definition) is 2. The number of likely N-dealkylation sites (N-methyl/N-ethyl adjacent to an activating group) is 2. The lowest BCUT2D eigenvalue weighted by Crippen LogP contribution is -2.44. The van der Waals surface area contributed by atoms with E-state index in [9.17, 15) is 0 Å². The van der Waals surface area contributed by atoms with Crippen LogP contribution in [0.4, 0.5) is 34.6 Å². The molecule has 296 valence electrons. The molecule has 2 N–H and O–H groups in total. The van der Waals surface area contributed by atoms with E-state index in [2.05, 4.69) is 122 Å². The number of hydrogen-bond acceptors (Lipinski definition) is 10. The molecule has 4 fully saturated rings. The number of rotatable bonds is 9. The van der Waals surface area contributed by atoms with Gasteiger partial charge in [0.15, 0.2) is 0 Å². The van der Waals surface area contributed by atoms with Gasteiger partial charge in [0, 0.05) is 129 Å². The van der Waals surface area contributed by atoms with Gasteiger partial charge in [0.2, 0.25) is 11.9 Å². The smallest absolute Gasteiger partial charge is 0.229 e. The van der Waals surface area contributed by atoms with Gasteiger partial charge in [-0.15, -0.1) is 0 Å². The SMILES string of the molecule is Cc1cn(C2CCCCC2)c2nc(Nc3ccc(N4CCN(C)CC4)cc3C3CC3n3cc(C)c4cnc(Nc5ccc(N6CCN(C)CC6)cc5)nc43)ncc12. The fourth-order valence-electron chi connectivity index (χ4n) is 9.51. The summed E-state index contributed by atoms with van der Waals surface area (Å²) in [6.45, 7) is 12.8. The molecule has 2 saturated carbocycles. The van der Waals surface area contributed by atoms with E-state index in [-0.39, 0.29) is 6.04 Å². The minimum absolute atomic E-state index is 0.282. The third-order valence-electron chi connectivity index (χ3n) is 13.2. The van der Waals surface area contributed by atoms with Gasteiger partial charge in [-0.05, 0) is 106 Å². The predicted molar refractivity (Wildman–Crippen MR) is 232 cm³/mol. The Kier molecular flexibility index (Phi) is 9.48. The molecule has 10 rings (SSSR count). The molecule has 6 heterocycles. The molecule has 2 aliphatic carbocycles. The van der Waals surface area contributed by atoms with Crippen LogP contribution in [-0.2, 0) is 0 Å². The van der Waals surface area contributed by atoms with Crippen LogP contribution >= 0.6 is 0 Å². The van der Waals surface area contributed by atoms with Crippen molar-refractivity contribution in [3.63, 3.8) is 0 Å². The van der Waals surface area contributed by atoms with Crippen LogP contribution in [0, 0.1) is 13.8 Å². The lowest BCUT2D eigenvalue weighted by molar-refractivity contribution is 0.313. The summed E-state index contributed by atoms with van der Waals surface area (Å²) in [7, 11) is 4.41. The number of nitrogens with zero attached hydrogens (tertiary/aromatic N) is 10. The Labute approximate surface area is 335 Å². The second-order valence-corrected chi connectivity index (χ2v) is 17.2. The summed E-state index contributed by atoms with van der Waals surface area (Å²) in [5.74, 6) is 1.60. The molecular formula is C45H56N12. The molecule has 2 aliphatic heterocycles. The van der Waals surface area contributed by atoms with Crippen molar-refractivity contribution in [2.75, 3.05) is 86.9 Å². The van der Waals surface area contributed by atoms with Crippen molar-refractivity contribution in [1.29, 1.82) is 0 Å². The number of aromatic nitrogens is 6. The Morgan fingerprint density at radius 3 is 1.82 bits per heavy atom. The summed E-state index contributed by atoms with van der Waals surface area (Å²) in [5.41, 5.74) is 10.4. The minimum Gasteiger partial charge on any atom is -0.369 e. The highest BCUT2D eigenvalue weighted by Gasteiger charge is 2.43. The molecule has 2 saturated heterocycles. The number of nitrogens with one attached hydrogen (secondary N) is 2. The van der Waals surface area contributed by atoms with E-state index in [1.165, 1.54) is 60.2 Å². The molecule has 12 nitrogen and oxygen atoms in total. The molecule has 0 amide bonds. The van der Waals surface area contributed by atoms with E-state index in [0.29, 0.717) is 23.9 Å². The first-order chi connectivity index (χ1) is 27.8. The molecule has 0 bridgehead atoms. The first-order valence-electron chi connectivity index (χ1n) is 21.2. The molecule has 12 heteroatoms. The predicted octanol–water partition coefficient (Wildman–Crippen LogP) is 8.02. The molecule has 2 aromatic carbocycles. The van der Waals surface area contributed by atoms with Gasteiger partial charge < -0.3 is 39.4 Å². The van der Waals surface area contributed by atoms with E-state index in [4.69, 9.17) is 19.9 Å². The lowest BCUT2D eigenvalue weighted by Gasteiger charge is -2.34. The maximum atomic E-state index is 5.20. The summed E-state index contributed by atoms with van der Waals surface area (Å²) in [4.78, 5) is 29.8. The zero-order valence-corrected chi connectivity index (χ0v) is 34.0. The van der Waals surface area contributed by atoms with Gasteiger partial charge in [-0.1, -0.05) is 19.3 Å². The average molecular weight is 765 g/mol. The zero-order chi connectivity index (χ0) is 38.6. The normalized spacial score (nSPS) is 21.1. The van der Waals surface area contributed by atoms with Crippen LogP contribution < -0.4 is 20.4 Å². The van der Waals surface area contributed by atoms with E-state index in [1.807, 2.05) is 12.4 Å². The zero-order valence-electron chi connectivity index (χ0n) is 34.0. The number of anilines is 6. The Hall–Kier alpha value is -5.20. The fraction of sp³-hybridized carbons (Fsp3) is 0.467. The Balaban J connectivity index is 0.936. The number of fused-ring (bicyclic) bond motifs is 2. The molecular weight excluding hydrogens is 709 g/mol. The Morgan fingerprint density at radius 2 is 1.18 bits per heavy atom. The minimum atomic E-state index is 0.282. The van der Waals surface area contributed by atoms with Crippen molar-refractivity contribution in [3.8, 4) is 0 Å². The van der Waals surface area contributed by atoms with Crippen molar-refractivity contribution in [3.05, 3.63) is 83.9 Å². The van der Waals surface area contributed by atoms with Crippen molar-refractivity contribution in [2.24, 2.45) is 0 Å². The first-order valence-corrected chi connectivity index (χ1v) is 21.2. The summed E-state index contributed by atoms with van der Waals surface area (Å²) in [6, 6.07) is 16.4. The van der Waals surface area contributed by atoms with Crippen LogP contribution in [0.25, 0.3) is 22.1 Å². The van der Waals surface area contributed by atoms with Crippen LogP contribution in [0.15, 0.2) is 67.3 Å². The van der Waals surface area contributed by atoms with Gasteiger partial charge in [0.25, 0.3) is 0 Å². The summed E-state index contributed by atoms with van der Waals surface area (Å²) in [6.07, 6.45) is 15.9. The third-order valence-corrected chi connectivity index (χ3v) is 13.2. The van der Waals surface area contributed by atoms with E-state index in [1.54, 1.807) is 0 Å². The highest BCUT2D eigenvalue weighted by atomic mass is 15.3. The van der Waals surface area contributed by atoms with Crippen molar-refractivity contribution >= 4 is 56.7 Å². The molecule has 57 heavy (non-hydrogen) atoms. The summed E-state index contributed by atoms with van der Waals surface area (Å²) in [5, 5.41) is 9.47. The van der Waals surface area contributed by atoms with E-state index in [0.717, 1.165) is 92.2 Å². The number of benzene rings is 2. The van der Waals surface area contributed by atoms with E-state index >= 15 is 0 Å². The Morgan fingerprint density at radius 1 is 0.614 bits per heavy atom. The van der Waals surface area contributed by atoms with Crippen molar-refractivity contribution in [2.45, 2.75) is 70.4 Å². The highest BCUT2D eigenvalue weighted by molar-refractivity contribution is 5.82. The summed E-state index contributed by atoms with van der Waals surface area (Å²) >= 11 is 0. The molecule has 2 atom stereocenters. The van der Waals surface area contributed by atoms with Gasteiger partial charge in [0.1, 0.15) is 11.3 Å². The van der Waals surface area contributed by atoms with E-state index < -0.39 is 0 Å². The van der Waals surface area contributed by atoms with Gasteiger partial charge in [0.05, 0.1) is 0 Å². The number of aryl methyl sites for hydroxylation is 2. The third kappa shape index (κ3) is 7.18. The monoisotopic (exact) mass is 764 g/mol. The molecule has 6 aromatic rings. The largest absolute Gasteiger partial charge is 0.369 e. The van der Waals surface area contributed by atoms with Gasteiger partial charge in [-0.25, -0.2) is 9.97 Å². The van der Waals surface area contributed by atoms with Crippen LogP contribution in [0.1, 0.15) is 73.2 Å². The van der Waals surface area contributed by atoms with Crippen LogP contribution in [0.3, 0.4) is 0 Å². The summed E-state index contributed by atoms with van der Waals surface area (Å²) < 4.78 is 4.83. The fourth-order valence-corrected chi connectivity index (χ4v) is 9.51. The first kappa shape index (κ1) is 36.2. The maximum Gasteiger partial charge on any atom is 0.229 e. The second-order valence-electron chi connectivity index (χ2n) is 17.2. The molecule has 0 radical (unpaired) electrons. The van der Waals surface area contributed by atoms with Crippen LogP contribution in [0.2, 0.25) is 0 Å². The highest BCUT2D eigenvalue weighted by Crippen LogP contribution is 2.55. The topological polar surface area (TPSA) is 98.4 Å². The molecule has 2 unspecified atom stereocenters.